The van der Waals surface area contributed by atoms with Crippen molar-refractivity contribution in [2.45, 2.75) is 12.2 Å². The maximum absolute atomic E-state index is 12.3. The quantitative estimate of drug-likeness (QED) is 0.660. The number of hydrogen-bond acceptors (Lipinski definition) is 4. The minimum absolute atomic E-state index is 0.0517. The zero-order valence-electron chi connectivity index (χ0n) is 12.3. The molecule has 1 amide bonds. The molecule has 0 bridgehead atoms. The molecule has 0 radical (unpaired) electrons. The van der Waals surface area contributed by atoms with Crippen molar-refractivity contribution in [2.24, 2.45) is 0 Å². The fourth-order valence-electron chi connectivity index (χ4n) is 2.03. The normalized spacial score (nSPS) is 11.7. The summed E-state index contributed by atoms with van der Waals surface area (Å²) < 4.78 is 0. The second-order valence-electron chi connectivity index (χ2n) is 4.73. The van der Waals surface area contributed by atoms with Crippen LogP contribution >= 0.6 is 11.8 Å². The zero-order chi connectivity index (χ0) is 16.1. The van der Waals surface area contributed by atoms with Crippen molar-refractivity contribution in [3.8, 4) is 0 Å². The van der Waals surface area contributed by atoms with Gasteiger partial charge < -0.3 is 5.32 Å². The first-order valence-corrected chi connectivity index (χ1v) is 7.99. The second-order valence-corrected chi connectivity index (χ2v) is 5.91. The molecule has 0 fully saturated rings. The van der Waals surface area contributed by atoms with E-state index in [0.29, 0.717) is 10.9 Å². The average Bonchev–Trinajstić information content (AvgIpc) is 2.54. The number of carbonyl (C=O) groups excluding carboxylic acids is 1. The molecule has 1 atom stereocenters. The van der Waals surface area contributed by atoms with Crippen LogP contribution in [0.25, 0.3) is 0 Å². The van der Waals surface area contributed by atoms with Crippen molar-refractivity contribution in [1.29, 1.82) is 0 Å². The van der Waals surface area contributed by atoms with Gasteiger partial charge in [0.15, 0.2) is 0 Å². The molecule has 2 aromatic carbocycles. The van der Waals surface area contributed by atoms with E-state index in [1.165, 1.54) is 18.2 Å². The first-order chi connectivity index (χ1) is 10.5. The van der Waals surface area contributed by atoms with Gasteiger partial charge >= 0.3 is 0 Å². The number of thioether (sulfide) groups is 1. The van der Waals surface area contributed by atoms with Crippen molar-refractivity contribution < 1.29 is 9.72 Å². The second kappa shape index (κ2) is 7.09. The van der Waals surface area contributed by atoms with Gasteiger partial charge in [-0.1, -0.05) is 24.3 Å². The first kappa shape index (κ1) is 16.0. The SMILES string of the molecule is CSC(C)c1cccc(NC(=O)c2ccccc2[N+](=O)[O-])c1. The Labute approximate surface area is 132 Å². The number of nitrogens with one attached hydrogen (secondary N) is 1. The third-order valence-electron chi connectivity index (χ3n) is 3.31. The van der Waals surface area contributed by atoms with E-state index in [2.05, 4.69) is 12.2 Å². The van der Waals surface area contributed by atoms with Crippen LogP contribution < -0.4 is 5.32 Å². The molecule has 2 aromatic rings. The average molecular weight is 316 g/mol. The number of nitro groups is 1. The van der Waals surface area contributed by atoms with Gasteiger partial charge in [0.1, 0.15) is 5.56 Å². The fourth-order valence-corrected chi connectivity index (χ4v) is 2.45. The van der Waals surface area contributed by atoms with Crippen LogP contribution in [0.1, 0.15) is 28.1 Å². The molecular formula is C16H16N2O3S. The van der Waals surface area contributed by atoms with Gasteiger partial charge in [-0.2, -0.15) is 11.8 Å². The van der Waals surface area contributed by atoms with Crippen LogP contribution in [0.2, 0.25) is 0 Å². The van der Waals surface area contributed by atoms with Crippen LogP contribution in [0.4, 0.5) is 11.4 Å². The predicted molar refractivity (Wildman–Crippen MR) is 89.4 cm³/mol. The Bertz CT molecular complexity index is 703. The lowest BCUT2D eigenvalue weighted by molar-refractivity contribution is -0.385. The van der Waals surface area contributed by atoms with E-state index in [1.54, 1.807) is 23.9 Å². The Morgan fingerprint density at radius 1 is 1.23 bits per heavy atom. The Kier molecular flexibility index (Phi) is 5.16. The third-order valence-corrected chi connectivity index (χ3v) is 4.29. The van der Waals surface area contributed by atoms with Crippen molar-refractivity contribution in [3.63, 3.8) is 0 Å². The molecule has 0 aliphatic rings. The van der Waals surface area contributed by atoms with Gasteiger partial charge in [-0.3, -0.25) is 14.9 Å². The molecule has 0 aliphatic heterocycles. The van der Waals surface area contributed by atoms with E-state index in [0.717, 1.165) is 5.56 Å². The molecule has 22 heavy (non-hydrogen) atoms. The monoisotopic (exact) mass is 316 g/mol. The molecule has 0 spiro atoms. The Balaban J connectivity index is 2.25. The minimum Gasteiger partial charge on any atom is -0.322 e. The number of para-hydroxylation sites is 1. The lowest BCUT2D eigenvalue weighted by Crippen LogP contribution is -2.14. The highest BCUT2D eigenvalue weighted by Gasteiger charge is 2.19. The predicted octanol–water partition coefficient (Wildman–Crippen LogP) is 4.27. The summed E-state index contributed by atoms with van der Waals surface area (Å²) in [5.74, 6) is -0.485. The van der Waals surface area contributed by atoms with Crippen molar-refractivity contribution in [3.05, 3.63) is 69.8 Å². The molecule has 5 nitrogen and oxygen atoms in total. The molecular weight excluding hydrogens is 300 g/mol. The van der Waals surface area contributed by atoms with Crippen molar-refractivity contribution in [2.75, 3.05) is 11.6 Å². The topological polar surface area (TPSA) is 72.2 Å². The van der Waals surface area contributed by atoms with E-state index >= 15 is 0 Å². The lowest BCUT2D eigenvalue weighted by atomic mass is 10.1. The van der Waals surface area contributed by atoms with E-state index in [9.17, 15) is 14.9 Å². The maximum atomic E-state index is 12.3. The van der Waals surface area contributed by atoms with Crippen LogP contribution in [-0.2, 0) is 0 Å². The molecule has 0 aromatic heterocycles. The van der Waals surface area contributed by atoms with E-state index in [-0.39, 0.29) is 11.3 Å². The Morgan fingerprint density at radius 3 is 2.64 bits per heavy atom. The molecule has 0 saturated carbocycles. The Morgan fingerprint density at radius 2 is 1.95 bits per heavy atom. The summed E-state index contributed by atoms with van der Waals surface area (Å²) in [5, 5.41) is 14.0. The number of anilines is 1. The summed E-state index contributed by atoms with van der Waals surface area (Å²) in [6, 6.07) is 13.4. The van der Waals surface area contributed by atoms with Crippen molar-refractivity contribution in [1.82, 2.24) is 0 Å². The van der Waals surface area contributed by atoms with E-state index in [1.807, 2.05) is 24.5 Å². The van der Waals surface area contributed by atoms with Crippen LogP contribution in [0.5, 0.6) is 0 Å². The number of rotatable bonds is 5. The number of nitro benzene ring substituents is 1. The van der Waals surface area contributed by atoms with Crippen LogP contribution in [0, 0.1) is 10.1 Å². The molecule has 0 saturated heterocycles. The van der Waals surface area contributed by atoms with Crippen LogP contribution in [-0.4, -0.2) is 17.1 Å². The number of nitrogens with zero attached hydrogens (tertiary/aromatic N) is 1. The smallest absolute Gasteiger partial charge is 0.282 e. The summed E-state index contributed by atoms with van der Waals surface area (Å²) in [7, 11) is 0. The number of hydrogen-bond donors (Lipinski definition) is 1. The summed E-state index contributed by atoms with van der Waals surface area (Å²) in [6.07, 6.45) is 2.02. The number of benzene rings is 2. The van der Waals surface area contributed by atoms with E-state index < -0.39 is 10.8 Å². The Hall–Kier alpha value is -2.34. The molecule has 1 unspecified atom stereocenters. The third kappa shape index (κ3) is 3.65. The van der Waals surface area contributed by atoms with Gasteiger partial charge in [0.25, 0.3) is 11.6 Å². The van der Waals surface area contributed by atoms with Gasteiger partial charge in [-0.25, -0.2) is 0 Å². The highest BCUT2D eigenvalue weighted by atomic mass is 32.2. The summed E-state index contributed by atoms with van der Waals surface area (Å²) in [6.45, 7) is 2.08. The lowest BCUT2D eigenvalue weighted by Gasteiger charge is -2.11. The molecule has 0 heterocycles. The molecule has 0 aliphatic carbocycles. The first-order valence-electron chi connectivity index (χ1n) is 6.70. The fraction of sp³-hybridized carbons (Fsp3) is 0.188. The van der Waals surface area contributed by atoms with Crippen LogP contribution in [0.15, 0.2) is 48.5 Å². The van der Waals surface area contributed by atoms with Gasteiger partial charge in [-0.05, 0) is 36.9 Å². The minimum atomic E-state index is -0.554. The van der Waals surface area contributed by atoms with Crippen molar-refractivity contribution >= 4 is 29.0 Å². The largest absolute Gasteiger partial charge is 0.322 e. The van der Waals surface area contributed by atoms with E-state index in [4.69, 9.17) is 0 Å². The molecule has 1 N–H and O–H groups in total. The zero-order valence-corrected chi connectivity index (χ0v) is 13.1. The van der Waals surface area contributed by atoms with Gasteiger partial charge in [0, 0.05) is 17.0 Å². The van der Waals surface area contributed by atoms with Crippen LogP contribution in [0.3, 0.4) is 0 Å². The summed E-state index contributed by atoms with van der Waals surface area (Å²) >= 11 is 1.71. The molecule has 114 valence electrons. The van der Waals surface area contributed by atoms with Gasteiger partial charge in [-0.15, -0.1) is 0 Å². The number of amides is 1. The molecule has 6 heteroatoms. The van der Waals surface area contributed by atoms with Gasteiger partial charge in [0.05, 0.1) is 4.92 Å². The maximum Gasteiger partial charge on any atom is 0.282 e. The standard InChI is InChI=1S/C16H16N2O3S/c1-11(22-2)12-6-5-7-13(10-12)17-16(19)14-8-3-4-9-15(14)18(20)21/h3-11H,1-2H3,(H,17,19). The van der Waals surface area contributed by atoms with Gasteiger partial charge in [0.2, 0.25) is 0 Å². The highest BCUT2D eigenvalue weighted by Crippen LogP contribution is 2.28. The summed E-state index contributed by atoms with van der Waals surface area (Å²) in [4.78, 5) is 22.7. The highest BCUT2D eigenvalue weighted by molar-refractivity contribution is 7.98. The number of carbonyl (C=O) groups is 1. The summed E-state index contributed by atoms with van der Waals surface area (Å²) in [5.41, 5.74) is 1.57. The molecule has 2 rings (SSSR count).